The fourth-order valence-corrected chi connectivity index (χ4v) is 3.20. The predicted molar refractivity (Wildman–Crippen MR) is 115 cm³/mol. The van der Waals surface area contributed by atoms with E-state index in [0.29, 0.717) is 30.2 Å². The molecule has 1 fully saturated rings. The molecule has 4 rings (SSSR count). The van der Waals surface area contributed by atoms with E-state index in [1.807, 2.05) is 37.3 Å². The quantitative estimate of drug-likeness (QED) is 0.653. The van der Waals surface area contributed by atoms with E-state index in [9.17, 15) is 9.59 Å². The van der Waals surface area contributed by atoms with E-state index in [-0.39, 0.29) is 18.0 Å². The van der Waals surface area contributed by atoms with Crippen molar-refractivity contribution in [3.05, 3.63) is 84.1 Å². The van der Waals surface area contributed by atoms with E-state index < -0.39 is 0 Å². The third kappa shape index (κ3) is 4.41. The van der Waals surface area contributed by atoms with E-state index in [2.05, 4.69) is 15.6 Å². The molecule has 0 saturated carbocycles. The molecule has 7 heteroatoms. The van der Waals surface area contributed by atoms with E-state index in [0.717, 1.165) is 11.3 Å². The van der Waals surface area contributed by atoms with Gasteiger partial charge in [0.2, 0.25) is 5.88 Å². The predicted octanol–water partition coefficient (Wildman–Crippen LogP) is 4.00. The number of nitrogens with zero attached hydrogens (tertiary/aromatic N) is 2. The lowest BCUT2D eigenvalue weighted by molar-refractivity contribution is 0.102. The topological polar surface area (TPSA) is 83.6 Å². The van der Waals surface area contributed by atoms with Crippen molar-refractivity contribution in [3.8, 4) is 5.88 Å². The highest BCUT2D eigenvalue weighted by molar-refractivity contribution is 6.04. The third-order valence-electron chi connectivity index (χ3n) is 4.86. The van der Waals surface area contributed by atoms with Crippen LogP contribution in [0.3, 0.4) is 0 Å². The van der Waals surface area contributed by atoms with E-state index >= 15 is 0 Å². The van der Waals surface area contributed by atoms with E-state index in [1.54, 1.807) is 41.3 Å². The minimum Gasteiger partial charge on any atom is -0.470 e. The van der Waals surface area contributed by atoms with Crippen LogP contribution in [0.1, 0.15) is 28.9 Å². The second-order valence-electron chi connectivity index (χ2n) is 6.94. The summed E-state index contributed by atoms with van der Waals surface area (Å²) in [6, 6.07) is 20.3. The Morgan fingerprint density at radius 3 is 2.50 bits per heavy atom. The summed E-state index contributed by atoms with van der Waals surface area (Å²) in [5.41, 5.74) is 2.91. The number of rotatable bonds is 6. The van der Waals surface area contributed by atoms with Crippen LogP contribution in [-0.4, -0.2) is 30.0 Å². The molecule has 3 aromatic rings. The van der Waals surface area contributed by atoms with Gasteiger partial charge >= 0.3 is 6.03 Å². The molecule has 7 nitrogen and oxygen atoms in total. The fraction of sp³-hybridized carbons (Fsp3) is 0.174. The van der Waals surface area contributed by atoms with Crippen LogP contribution in [0.5, 0.6) is 5.88 Å². The molecule has 1 aliphatic heterocycles. The lowest BCUT2D eigenvalue weighted by atomic mass is 10.1. The van der Waals surface area contributed by atoms with E-state index in [1.165, 1.54) is 6.20 Å². The summed E-state index contributed by atoms with van der Waals surface area (Å²) in [5.74, 6) is 0.188. The minimum absolute atomic E-state index is 0.109. The number of benzene rings is 2. The van der Waals surface area contributed by atoms with Crippen LogP contribution in [0, 0.1) is 0 Å². The summed E-state index contributed by atoms with van der Waals surface area (Å²) in [6.07, 6.45) is 1.35. The number of hydrogen-bond donors (Lipinski definition) is 2. The maximum atomic E-state index is 12.5. The number of aromatic nitrogens is 1. The van der Waals surface area contributed by atoms with Crippen LogP contribution in [0.2, 0.25) is 0 Å². The Morgan fingerprint density at radius 2 is 1.87 bits per heavy atom. The van der Waals surface area contributed by atoms with Crippen molar-refractivity contribution in [2.24, 2.45) is 0 Å². The monoisotopic (exact) mass is 402 g/mol. The van der Waals surface area contributed by atoms with Gasteiger partial charge in [-0.05, 0) is 42.8 Å². The Labute approximate surface area is 174 Å². The normalized spacial score (nSPS) is 14.2. The number of anilines is 2. The molecule has 3 amide bonds. The van der Waals surface area contributed by atoms with Gasteiger partial charge in [0.15, 0.2) is 0 Å². The molecule has 1 aliphatic rings. The zero-order valence-corrected chi connectivity index (χ0v) is 16.5. The Bertz CT molecular complexity index is 1020. The molecule has 2 heterocycles. The highest BCUT2D eigenvalue weighted by Gasteiger charge is 2.20. The molecule has 30 heavy (non-hydrogen) atoms. The summed E-state index contributed by atoms with van der Waals surface area (Å²) in [7, 11) is 0. The number of urea groups is 1. The van der Waals surface area contributed by atoms with Crippen LogP contribution in [0.4, 0.5) is 16.2 Å². The lowest BCUT2D eigenvalue weighted by Crippen LogP contribution is -2.27. The smallest absolute Gasteiger partial charge is 0.321 e. The van der Waals surface area contributed by atoms with Gasteiger partial charge < -0.3 is 15.4 Å². The largest absolute Gasteiger partial charge is 0.470 e. The first-order valence-electron chi connectivity index (χ1n) is 9.74. The third-order valence-corrected chi connectivity index (χ3v) is 4.86. The Kier molecular flexibility index (Phi) is 5.61. The van der Waals surface area contributed by atoms with E-state index in [4.69, 9.17) is 4.74 Å². The Balaban J connectivity index is 1.36. The zero-order valence-electron chi connectivity index (χ0n) is 16.5. The maximum absolute atomic E-state index is 12.5. The molecule has 2 N–H and O–H groups in total. The van der Waals surface area contributed by atoms with Gasteiger partial charge in [0, 0.05) is 36.7 Å². The highest BCUT2D eigenvalue weighted by atomic mass is 16.5. The van der Waals surface area contributed by atoms with Gasteiger partial charge in [0.05, 0.1) is 5.56 Å². The summed E-state index contributed by atoms with van der Waals surface area (Å²) in [6.45, 7) is 3.22. The van der Waals surface area contributed by atoms with Crippen LogP contribution in [0.25, 0.3) is 0 Å². The van der Waals surface area contributed by atoms with Crippen LogP contribution < -0.4 is 20.3 Å². The van der Waals surface area contributed by atoms with Gasteiger partial charge in [-0.15, -0.1) is 0 Å². The molecule has 2 aromatic carbocycles. The van der Waals surface area contributed by atoms with Crippen molar-refractivity contribution in [3.63, 3.8) is 0 Å². The standard InChI is InChI=1S/C23H22N4O3/c1-16(17-5-3-2-4-6-17)30-21-12-7-18(15-25-21)22(28)26-19-8-10-20(11-9-19)27-14-13-24-23(27)29/h2-12,15-16H,13-14H2,1H3,(H,24,29)(H,26,28). The summed E-state index contributed by atoms with van der Waals surface area (Å²) >= 11 is 0. The van der Waals surface area contributed by atoms with Gasteiger partial charge in [-0.3, -0.25) is 9.69 Å². The SMILES string of the molecule is CC(Oc1ccc(C(=O)Nc2ccc(N3CCNC3=O)cc2)cn1)c1ccccc1. The number of ether oxygens (including phenoxy) is 1. The Morgan fingerprint density at radius 1 is 1.10 bits per heavy atom. The van der Waals surface area contributed by atoms with Gasteiger partial charge in [-0.2, -0.15) is 0 Å². The van der Waals surface area contributed by atoms with Gasteiger partial charge in [-0.25, -0.2) is 9.78 Å². The van der Waals surface area contributed by atoms with Crippen molar-refractivity contribution in [2.45, 2.75) is 13.0 Å². The molecule has 0 spiro atoms. The van der Waals surface area contributed by atoms with Crippen LogP contribution >= 0.6 is 0 Å². The first kappa shape index (κ1) is 19.4. The average molecular weight is 402 g/mol. The van der Waals surface area contributed by atoms with Crippen LogP contribution in [0.15, 0.2) is 72.9 Å². The van der Waals surface area contributed by atoms with Crippen molar-refractivity contribution in [1.82, 2.24) is 10.3 Å². The maximum Gasteiger partial charge on any atom is 0.321 e. The van der Waals surface area contributed by atoms with Gasteiger partial charge in [0.1, 0.15) is 6.10 Å². The van der Waals surface area contributed by atoms with Crippen molar-refractivity contribution < 1.29 is 14.3 Å². The minimum atomic E-state index is -0.267. The zero-order chi connectivity index (χ0) is 20.9. The van der Waals surface area contributed by atoms with Gasteiger partial charge in [-0.1, -0.05) is 30.3 Å². The van der Waals surface area contributed by atoms with Crippen molar-refractivity contribution in [1.29, 1.82) is 0 Å². The first-order chi connectivity index (χ1) is 14.6. The number of nitrogens with one attached hydrogen (secondary N) is 2. The number of carbonyl (C=O) groups excluding carboxylic acids is 2. The second-order valence-corrected chi connectivity index (χ2v) is 6.94. The second kappa shape index (κ2) is 8.65. The molecule has 1 atom stereocenters. The molecule has 1 unspecified atom stereocenters. The number of amides is 3. The molecule has 0 radical (unpaired) electrons. The summed E-state index contributed by atoms with van der Waals surface area (Å²) in [4.78, 5) is 30.1. The highest BCUT2D eigenvalue weighted by Crippen LogP contribution is 2.21. The van der Waals surface area contributed by atoms with Crippen molar-refractivity contribution in [2.75, 3.05) is 23.3 Å². The molecule has 0 bridgehead atoms. The molecular formula is C23H22N4O3. The molecule has 0 aliphatic carbocycles. The molecule has 1 aromatic heterocycles. The fourth-order valence-electron chi connectivity index (χ4n) is 3.20. The van der Waals surface area contributed by atoms with Crippen LogP contribution in [-0.2, 0) is 0 Å². The average Bonchev–Trinajstić information content (AvgIpc) is 3.21. The number of hydrogen-bond acceptors (Lipinski definition) is 4. The summed E-state index contributed by atoms with van der Waals surface area (Å²) < 4.78 is 5.84. The van der Waals surface area contributed by atoms with Gasteiger partial charge in [0.25, 0.3) is 5.91 Å². The molecule has 152 valence electrons. The number of carbonyl (C=O) groups is 2. The van der Waals surface area contributed by atoms with Crippen molar-refractivity contribution >= 4 is 23.3 Å². The number of pyridine rings is 1. The first-order valence-corrected chi connectivity index (χ1v) is 9.74. The lowest BCUT2D eigenvalue weighted by Gasteiger charge is -2.15. The Hall–Kier alpha value is -3.87. The summed E-state index contributed by atoms with van der Waals surface area (Å²) in [5, 5.41) is 5.60. The molecular weight excluding hydrogens is 380 g/mol. The molecule has 1 saturated heterocycles.